The van der Waals surface area contributed by atoms with E-state index in [0.29, 0.717) is 6.04 Å². The molecule has 3 rings (SSSR count). The smallest absolute Gasteiger partial charge is 0.306 e. The summed E-state index contributed by atoms with van der Waals surface area (Å²) in [6, 6.07) is 21.5. The molecule has 0 amide bonds. The van der Waals surface area contributed by atoms with Crippen molar-refractivity contribution in [2.75, 3.05) is 0 Å². The lowest BCUT2D eigenvalue weighted by Crippen LogP contribution is -2.38. The Hall–Kier alpha value is -1.84. The lowest BCUT2D eigenvalue weighted by molar-refractivity contribution is -0.143. The first-order chi connectivity index (χ1) is 11.7. The number of hydrogen-bond acceptors (Lipinski definition) is 2. The predicted molar refractivity (Wildman–Crippen MR) is 103 cm³/mol. The van der Waals surface area contributed by atoms with Gasteiger partial charge in [0.05, 0.1) is 5.92 Å². The number of carboxylic acid groups (broad SMARTS) is 1. The van der Waals surface area contributed by atoms with Crippen LogP contribution >= 0.6 is 12.4 Å². The van der Waals surface area contributed by atoms with Gasteiger partial charge in [-0.3, -0.25) is 9.69 Å². The maximum absolute atomic E-state index is 11.2. The van der Waals surface area contributed by atoms with E-state index in [0.717, 1.165) is 38.8 Å². The van der Waals surface area contributed by atoms with E-state index >= 15 is 0 Å². The van der Waals surface area contributed by atoms with Crippen molar-refractivity contribution in [3.05, 3.63) is 71.8 Å². The maximum atomic E-state index is 11.2. The van der Waals surface area contributed by atoms with Gasteiger partial charge in [0.25, 0.3) is 0 Å². The molecule has 134 valence electrons. The van der Waals surface area contributed by atoms with Crippen molar-refractivity contribution in [1.29, 1.82) is 0 Å². The molecule has 0 bridgehead atoms. The van der Waals surface area contributed by atoms with Gasteiger partial charge in [0, 0.05) is 19.1 Å². The first-order valence-electron chi connectivity index (χ1n) is 8.77. The van der Waals surface area contributed by atoms with Gasteiger partial charge in [-0.05, 0) is 36.8 Å². The summed E-state index contributed by atoms with van der Waals surface area (Å²) in [5.41, 5.74) is 2.63. The minimum Gasteiger partial charge on any atom is -0.481 e. The molecule has 4 heteroatoms. The van der Waals surface area contributed by atoms with Crippen LogP contribution in [0.25, 0.3) is 0 Å². The Morgan fingerprint density at radius 3 is 1.68 bits per heavy atom. The van der Waals surface area contributed by atoms with E-state index in [1.807, 2.05) is 12.1 Å². The minimum atomic E-state index is -0.633. The Morgan fingerprint density at radius 1 is 0.840 bits per heavy atom. The van der Waals surface area contributed by atoms with Gasteiger partial charge in [0.2, 0.25) is 0 Å². The molecule has 0 aliphatic heterocycles. The topological polar surface area (TPSA) is 40.5 Å². The summed E-state index contributed by atoms with van der Waals surface area (Å²) in [7, 11) is 0. The Bertz CT molecular complexity index is 598. The molecule has 3 nitrogen and oxygen atoms in total. The summed E-state index contributed by atoms with van der Waals surface area (Å²) < 4.78 is 0. The zero-order valence-corrected chi connectivity index (χ0v) is 15.2. The fourth-order valence-corrected chi connectivity index (χ4v) is 3.64. The first kappa shape index (κ1) is 19.5. The van der Waals surface area contributed by atoms with Gasteiger partial charge in [-0.15, -0.1) is 12.4 Å². The normalized spacial score (nSPS) is 20.0. The van der Waals surface area contributed by atoms with Crippen LogP contribution in [0, 0.1) is 5.92 Å². The minimum absolute atomic E-state index is 0. The lowest BCUT2D eigenvalue weighted by Gasteiger charge is -2.36. The van der Waals surface area contributed by atoms with Crippen LogP contribution in [0.2, 0.25) is 0 Å². The largest absolute Gasteiger partial charge is 0.481 e. The molecule has 2 aromatic carbocycles. The van der Waals surface area contributed by atoms with Crippen molar-refractivity contribution < 1.29 is 9.90 Å². The summed E-state index contributed by atoms with van der Waals surface area (Å²) >= 11 is 0. The molecule has 0 heterocycles. The molecule has 1 aliphatic carbocycles. The van der Waals surface area contributed by atoms with Crippen LogP contribution in [0.15, 0.2) is 60.7 Å². The molecule has 0 radical (unpaired) electrons. The molecule has 0 atom stereocenters. The number of hydrogen-bond donors (Lipinski definition) is 1. The SMILES string of the molecule is Cl.O=C(O)C1CCC(N(Cc2ccccc2)Cc2ccccc2)CC1. The average Bonchev–Trinajstić information content (AvgIpc) is 2.63. The van der Waals surface area contributed by atoms with E-state index in [1.165, 1.54) is 11.1 Å². The molecule has 0 unspecified atom stereocenters. The zero-order chi connectivity index (χ0) is 16.8. The molecule has 1 saturated carbocycles. The van der Waals surface area contributed by atoms with E-state index in [-0.39, 0.29) is 18.3 Å². The molecule has 0 aromatic heterocycles. The maximum Gasteiger partial charge on any atom is 0.306 e. The number of rotatable bonds is 6. The summed E-state index contributed by atoms with van der Waals surface area (Å²) in [5, 5.41) is 9.22. The highest BCUT2D eigenvalue weighted by Crippen LogP contribution is 2.29. The summed E-state index contributed by atoms with van der Waals surface area (Å²) in [6.07, 6.45) is 3.52. The number of carboxylic acids is 1. The molecule has 25 heavy (non-hydrogen) atoms. The Kier molecular flexibility index (Phi) is 7.48. The standard InChI is InChI=1S/C21H25NO2.ClH/c23-21(24)19-11-13-20(14-12-19)22(15-17-7-3-1-4-8-17)16-18-9-5-2-6-10-18;/h1-10,19-20H,11-16H2,(H,23,24);1H. The van der Waals surface area contributed by atoms with Gasteiger partial charge in [-0.25, -0.2) is 0 Å². The highest BCUT2D eigenvalue weighted by molar-refractivity contribution is 5.85. The second-order valence-corrected chi connectivity index (χ2v) is 6.72. The molecule has 1 fully saturated rings. The lowest BCUT2D eigenvalue weighted by atomic mass is 9.85. The number of carbonyl (C=O) groups is 1. The van der Waals surface area contributed by atoms with Crippen molar-refractivity contribution in [1.82, 2.24) is 4.90 Å². The van der Waals surface area contributed by atoms with Crippen molar-refractivity contribution in [3.63, 3.8) is 0 Å². The highest BCUT2D eigenvalue weighted by Gasteiger charge is 2.29. The van der Waals surface area contributed by atoms with Gasteiger partial charge in [0.1, 0.15) is 0 Å². The molecule has 0 saturated heterocycles. The Balaban J connectivity index is 0.00000225. The fraction of sp³-hybridized carbons (Fsp3) is 0.381. The fourth-order valence-electron chi connectivity index (χ4n) is 3.64. The van der Waals surface area contributed by atoms with E-state index in [1.54, 1.807) is 0 Å². The van der Waals surface area contributed by atoms with Crippen LogP contribution in [-0.2, 0) is 17.9 Å². The average molecular weight is 360 g/mol. The second-order valence-electron chi connectivity index (χ2n) is 6.72. The van der Waals surface area contributed by atoms with E-state index in [9.17, 15) is 9.90 Å². The van der Waals surface area contributed by atoms with Crippen LogP contribution in [0.3, 0.4) is 0 Å². The van der Waals surface area contributed by atoms with E-state index < -0.39 is 5.97 Å². The number of nitrogens with zero attached hydrogens (tertiary/aromatic N) is 1. The second kappa shape index (κ2) is 9.59. The molecule has 0 spiro atoms. The van der Waals surface area contributed by atoms with Crippen molar-refractivity contribution >= 4 is 18.4 Å². The first-order valence-corrected chi connectivity index (χ1v) is 8.77. The molecule has 1 N–H and O–H groups in total. The van der Waals surface area contributed by atoms with E-state index in [2.05, 4.69) is 53.4 Å². The molecular formula is C21H26ClNO2. The van der Waals surface area contributed by atoms with Gasteiger partial charge in [0.15, 0.2) is 0 Å². The summed E-state index contributed by atoms with van der Waals surface area (Å²) in [5.74, 6) is -0.789. The summed E-state index contributed by atoms with van der Waals surface area (Å²) in [6.45, 7) is 1.83. The summed E-state index contributed by atoms with van der Waals surface area (Å²) in [4.78, 5) is 13.7. The van der Waals surface area contributed by atoms with Gasteiger partial charge < -0.3 is 5.11 Å². The van der Waals surface area contributed by atoms with Gasteiger partial charge in [-0.2, -0.15) is 0 Å². The molecule has 1 aliphatic rings. The Labute approximate surface area is 156 Å². The molecule has 2 aromatic rings. The van der Waals surface area contributed by atoms with Crippen molar-refractivity contribution in [3.8, 4) is 0 Å². The van der Waals surface area contributed by atoms with Gasteiger partial charge >= 0.3 is 5.97 Å². The quantitative estimate of drug-likeness (QED) is 0.808. The zero-order valence-electron chi connectivity index (χ0n) is 14.4. The van der Waals surface area contributed by atoms with Crippen molar-refractivity contribution in [2.45, 2.75) is 44.8 Å². The monoisotopic (exact) mass is 359 g/mol. The predicted octanol–water partition coefficient (Wildman–Crippen LogP) is 4.75. The number of halogens is 1. The Morgan fingerprint density at radius 2 is 1.28 bits per heavy atom. The van der Waals surface area contributed by atoms with Crippen LogP contribution < -0.4 is 0 Å². The van der Waals surface area contributed by atoms with E-state index in [4.69, 9.17) is 0 Å². The van der Waals surface area contributed by atoms with Crippen LogP contribution in [-0.4, -0.2) is 22.0 Å². The molecular weight excluding hydrogens is 334 g/mol. The third-order valence-electron chi connectivity index (χ3n) is 5.02. The van der Waals surface area contributed by atoms with Crippen molar-refractivity contribution in [2.24, 2.45) is 5.92 Å². The van der Waals surface area contributed by atoms with Crippen LogP contribution in [0.4, 0.5) is 0 Å². The number of benzene rings is 2. The number of aliphatic carboxylic acids is 1. The third kappa shape index (κ3) is 5.58. The van der Waals surface area contributed by atoms with Gasteiger partial charge in [-0.1, -0.05) is 60.7 Å². The van der Waals surface area contributed by atoms with Crippen LogP contribution in [0.1, 0.15) is 36.8 Å². The highest BCUT2D eigenvalue weighted by atomic mass is 35.5. The third-order valence-corrected chi connectivity index (χ3v) is 5.02. The van der Waals surface area contributed by atoms with Crippen LogP contribution in [0.5, 0.6) is 0 Å².